The van der Waals surface area contributed by atoms with Gasteiger partial charge in [-0.3, -0.25) is 9.59 Å². The van der Waals surface area contributed by atoms with E-state index < -0.39 is 5.91 Å². The number of pyridine rings is 1. The van der Waals surface area contributed by atoms with Crippen molar-refractivity contribution in [2.45, 2.75) is 26.3 Å². The maximum Gasteiger partial charge on any atom is 0.273 e. The maximum atomic E-state index is 12.4. The Morgan fingerprint density at radius 3 is 2.78 bits per heavy atom. The molecular formula is C20H22N10O2. The number of carbonyl (C=O) groups excluding carboxylic acids is 2. The molecule has 0 spiro atoms. The summed E-state index contributed by atoms with van der Waals surface area (Å²) in [6.07, 6.45) is 3.40. The predicted molar refractivity (Wildman–Crippen MR) is 116 cm³/mol. The Balaban J connectivity index is 1.55. The van der Waals surface area contributed by atoms with E-state index in [2.05, 4.69) is 41.2 Å². The van der Waals surface area contributed by atoms with Gasteiger partial charge in [-0.25, -0.2) is 14.6 Å². The third-order valence-corrected chi connectivity index (χ3v) is 5.36. The second kappa shape index (κ2) is 7.55. The second-order valence-corrected chi connectivity index (χ2v) is 7.83. The van der Waals surface area contributed by atoms with Crippen LogP contribution < -0.4 is 20.9 Å². The third-order valence-electron chi connectivity index (χ3n) is 5.36. The van der Waals surface area contributed by atoms with Crippen molar-refractivity contribution in [3.8, 4) is 5.69 Å². The summed E-state index contributed by atoms with van der Waals surface area (Å²) in [4.78, 5) is 35.5. The molecule has 0 radical (unpaired) electrons. The normalized spacial score (nSPS) is 14.4. The number of hydrogen-bond donors (Lipinski definition) is 3. The van der Waals surface area contributed by atoms with E-state index >= 15 is 0 Å². The fourth-order valence-electron chi connectivity index (χ4n) is 3.66. The van der Waals surface area contributed by atoms with Crippen LogP contribution in [0.15, 0.2) is 18.3 Å². The van der Waals surface area contributed by atoms with Crippen LogP contribution in [0.1, 0.15) is 35.0 Å². The van der Waals surface area contributed by atoms with Crippen LogP contribution in [0.2, 0.25) is 0 Å². The van der Waals surface area contributed by atoms with Crippen molar-refractivity contribution >= 4 is 34.8 Å². The number of aryl methyl sites for hydroxylation is 1. The van der Waals surface area contributed by atoms with Gasteiger partial charge in [0.15, 0.2) is 23.2 Å². The number of fused-ring (bicyclic) bond motifs is 3. The number of rotatable bonds is 5. The van der Waals surface area contributed by atoms with E-state index in [4.69, 9.17) is 0 Å². The van der Waals surface area contributed by atoms with Crippen molar-refractivity contribution in [3.63, 3.8) is 0 Å². The molecule has 12 heteroatoms. The average Bonchev–Trinajstić information content (AvgIpc) is 3.56. The van der Waals surface area contributed by atoms with Gasteiger partial charge in [0.05, 0.1) is 17.9 Å². The van der Waals surface area contributed by atoms with Gasteiger partial charge in [0.25, 0.3) is 5.91 Å². The van der Waals surface area contributed by atoms with Crippen molar-refractivity contribution in [1.82, 2.24) is 35.3 Å². The van der Waals surface area contributed by atoms with E-state index in [0.717, 1.165) is 30.0 Å². The topological polar surface area (TPSA) is 143 Å². The minimum Gasteiger partial charge on any atom is -0.362 e. The van der Waals surface area contributed by atoms with Gasteiger partial charge >= 0.3 is 0 Å². The van der Waals surface area contributed by atoms with Crippen molar-refractivity contribution in [2.75, 3.05) is 29.6 Å². The van der Waals surface area contributed by atoms with E-state index in [1.165, 1.54) is 7.05 Å². The lowest BCUT2D eigenvalue weighted by atomic mass is 10.2. The minimum atomic E-state index is -0.410. The van der Waals surface area contributed by atoms with Crippen LogP contribution in [0.3, 0.4) is 0 Å². The number of anilines is 4. The molecule has 0 unspecified atom stereocenters. The highest BCUT2D eigenvalue weighted by atomic mass is 16.2. The van der Waals surface area contributed by atoms with Gasteiger partial charge in [-0.15, -0.1) is 10.2 Å². The lowest BCUT2D eigenvalue weighted by Crippen LogP contribution is -2.28. The number of nitrogens with one attached hydrogen (secondary N) is 3. The minimum absolute atomic E-state index is 0.0172. The highest BCUT2D eigenvalue weighted by Gasteiger charge is 2.30. The fraction of sp³-hybridized carbons (Fsp3) is 0.350. The van der Waals surface area contributed by atoms with Crippen LogP contribution in [0.5, 0.6) is 0 Å². The molecule has 1 aliphatic heterocycles. The van der Waals surface area contributed by atoms with Crippen molar-refractivity contribution in [1.29, 1.82) is 0 Å². The number of amides is 2. The highest BCUT2D eigenvalue weighted by Crippen LogP contribution is 2.37. The predicted octanol–water partition coefficient (Wildman–Crippen LogP) is 1.16. The van der Waals surface area contributed by atoms with E-state index in [1.807, 2.05) is 24.9 Å². The lowest BCUT2D eigenvalue weighted by molar-refractivity contribution is -0.117. The molecule has 0 aromatic carbocycles. The summed E-state index contributed by atoms with van der Waals surface area (Å²) < 4.78 is 1.79. The van der Waals surface area contributed by atoms with Crippen LogP contribution >= 0.6 is 0 Å². The molecule has 0 atom stereocenters. The summed E-state index contributed by atoms with van der Waals surface area (Å²) in [5.41, 5.74) is 2.08. The second-order valence-electron chi connectivity index (χ2n) is 7.83. The van der Waals surface area contributed by atoms with Gasteiger partial charge in [-0.05, 0) is 25.8 Å². The van der Waals surface area contributed by atoms with Gasteiger partial charge < -0.3 is 20.9 Å². The molecule has 0 saturated heterocycles. The van der Waals surface area contributed by atoms with Crippen LogP contribution in [0, 0.1) is 12.8 Å². The first-order valence-electron chi connectivity index (χ1n) is 10.3. The molecule has 164 valence electrons. The van der Waals surface area contributed by atoms with Gasteiger partial charge in [-0.1, -0.05) is 0 Å². The molecule has 5 rings (SSSR count). The monoisotopic (exact) mass is 434 g/mol. The fourth-order valence-corrected chi connectivity index (χ4v) is 3.66. The standard InChI is InChI=1S/C20H22N10O2/c1-10-23-15-9-29(3)17-13(30(15)28-10)6-7-22-18(17)24-12-8-14(25-19(31)11-4-5-11)26-27-16(12)20(32)21-2/h6-8,11H,4-5,9H2,1-3H3,(H,21,32)(H2,22,24,25,26,31). The van der Waals surface area contributed by atoms with Crippen LogP contribution in [0.25, 0.3) is 5.69 Å². The van der Waals surface area contributed by atoms with E-state index in [1.54, 1.807) is 16.9 Å². The molecule has 1 fully saturated rings. The molecule has 3 N–H and O–H groups in total. The quantitative estimate of drug-likeness (QED) is 0.539. The van der Waals surface area contributed by atoms with Gasteiger partial charge in [-0.2, -0.15) is 5.10 Å². The smallest absolute Gasteiger partial charge is 0.273 e. The van der Waals surface area contributed by atoms with Gasteiger partial charge in [0.2, 0.25) is 5.91 Å². The zero-order chi connectivity index (χ0) is 22.4. The Morgan fingerprint density at radius 1 is 1.22 bits per heavy atom. The summed E-state index contributed by atoms with van der Waals surface area (Å²) in [7, 11) is 3.45. The maximum absolute atomic E-state index is 12.4. The summed E-state index contributed by atoms with van der Waals surface area (Å²) in [5, 5.41) is 21.1. The molecule has 1 aliphatic carbocycles. The number of aromatic nitrogens is 6. The molecule has 1 saturated carbocycles. The molecule has 0 bridgehead atoms. The third kappa shape index (κ3) is 3.49. The summed E-state index contributed by atoms with van der Waals surface area (Å²) >= 11 is 0. The van der Waals surface area contributed by atoms with Crippen molar-refractivity contribution in [2.24, 2.45) is 5.92 Å². The van der Waals surface area contributed by atoms with E-state index in [0.29, 0.717) is 23.9 Å². The van der Waals surface area contributed by atoms with E-state index in [-0.39, 0.29) is 23.3 Å². The van der Waals surface area contributed by atoms with Gasteiger partial charge in [0.1, 0.15) is 11.5 Å². The molecule has 32 heavy (non-hydrogen) atoms. The first-order chi connectivity index (χ1) is 15.4. The Kier molecular flexibility index (Phi) is 4.68. The Bertz CT molecular complexity index is 1230. The van der Waals surface area contributed by atoms with Gasteiger partial charge in [0, 0.05) is 32.3 Å². The molecule has 4 heterocycles. The molecule has 2 amide bonds. The Labute approximate surface area is 183 Å². The first-order valence-corrected chi connectivity index (χ1v) is 10.3. The number of hydrogen-bond acceptors (Lipinski definition) is 9. The Morgan fingerprint density at radius 2 is 2.03 bits per heavy atom. The summed E-state index contributed by atoms with van der Waals surface area (Å²) in [6, 6.07) is 3.45. The molecular weight excluding hydrogens is 412 g/mol. The first kappa shape index (κ1) is 19.8. The zero-order valence-electron chi connectivity index (χ0n) is 17.9. The molecule has 3 aromatic rings. The molecule has 2 aliphatic rings. The summed E-state index contributed by atoms with van der Waals surface area (Å²) in [5.74, 6) is 1.81. The molecule has 3 aromatic heterocycles. The lowest BCUT2D eigenvalue weighted by Gasteiger charge is -2.29. The Hall–Kier alpha value is -4.09. The number of nitrogens with zero attached hydrogens (tertiary/aromatic N) is 7. The molecule has 12 nitrogen and oxygen atoms in total. The average molecular weight is 434 g/mol. The van der Waals surface area contributed by atoms with Crippen LogP contribution in [0.4, 0.5) is 23.0 Å². The van der Waals surface area contributed by atoms with Crippen LogP contribution in [-0.4, -0.2) is 55.9 Å². The zero-order valence-corrected chi connectivity index (χ0v) is 17.9. The SMILES string of the molecule is CNC(=O)c1nnc(NC(=O)C2CC2)cc1Nc1nccc2c1N(C)Cc1nc(C)nn1-2. The van der Waals surface area contributed by atoms with Crippen molar-refractivity contribution in [3.05, 3.63) is 35.7 Å². The van der Waals surface area contributed by atoms with Crippen molar-refractivity contribution < 1.29 is 9.59 Å². The highest BCUT2D eigenvalue weighted by molar-refractivity contribution is 6.00. The number of carbonyl (C=O) groups is 2. The van der Waals surface area contributed by atoms with Crippen LogP contribution in [-0.2, 0) is 11.3 Å². The van der Waals surface area contributed by atoms with E-state index in [9.17, 15) is 9.59 Å². The largest absolute Gasteiger partial charge is 0.362 e. The summed E-state index contributed by atoms with van der Waals surface area (Å²) in [6.45, 7) is 2.40.